The molecular weight excluding hydrogens is 292 g/mol. The van der Waals surface area contributed by atoms with E-state index in [1.807, 2.05) is 19.6 Å². The zero-order valence-electron chi connectivity index (χ0n) is 13.4. The molecule has 0 amide bonds. The Kier molecular flexibility index (Phi) is 4.53. The quantitative estimate of drug-likeness (QED) is 0.451. The standard InChI is InChI=1S/C14H24O6Si/c1-16-12(15)10-11(13(17-2)20-21(3,4)5)19-14(18-10)8-6-7-9-14/h10H,6-9H2,1-5H3/b13-11+/t10-/m0/s1. The van der Waals surface area contributed by atoms with E-state index in [9.17, 15) is 4.79 Å². The van der Waals surface area contributed by atoms with Crippen molar-refractivity contribution < 1.29 is 28.2 Å². The van der Waals surface area contributed by atoms with Crippen LogP contribution < -0.4 is 0 Å². The lowest BCUT2D eigenvalue weighted by Crippen LogP contribution is -2.30. The van der Waals surface area contributed by atoms with Crippen molar-refractivity contribution in [2.45, 2.75) is 57.2 Å². The molecule has 1 spiro atoms. The Morgan fingerprint density at radius 2 is 1.81 bits per heavy atom. The van der Waals surface area contributed by atoms with Crippen LogP contribution in [0.4, 0.5) is 0 Å². The lowest BCUT2D eigenvalue weighted by Gasteiger charge is -2.23. The Balaban J connectivity index is 2.34. The fourth-order valence-electron chi connectivity index (χ4n) is 2.56. The van der Waals surface area contributed by atoms with Gasteiger partial charge in [-0.2, -0.15) is 0 Å². The third-order valence-corrected chi connectivity index (χ3v) is 4.23. The number of carbonyl (C=O) groups is 1. The normalized spacial score (nSPS) is 26.4. The van der Waals surface area contributed by atoms with Crippen molar-refractivity contribution in [3.05, 3.63) is 11.7 Å². The number of esters is 1. The van der Waals surface area contributed by atoms with E-state index < -0.39 is 26.2 Å². The van der Waals surface area contributed by atoms with Crippen LogP contribution in [0.3, 0.4) is 0 Å². The Morgan fingerprint density at radius 3 is 2.29 bits per heavy atom. The highest BCUT2D eigenvalue weighted by Crippen LogP contribution is 2.44. The van der Waals surface area contributed by atoms with Gasteiger partial charge in [0.25, 0.3) is 0 Å². The largest absolute Gasteiger partial charge is 0.517 e. The molecule has 2 rings (SSSR count). The van der Waals surface area contributed by atoms with Crippen LogP contribution in [0.15, 0.2) is 11.7 Å². The first-order valence-electron chi connectivity index (χ1n) is 7.22. The SMILES string of the molecule is COC(=O)[C@H]1OC2(CCCC2)O/C1=C(\OC)O[Si](C)(C)C. The summed E-state index contributed by atoms with van der Waals surface area (Å²) in [6, 6.07) is 0. The summed E-state index contributed by atoms with van der Waals surface area (Å²) in [5, 5.41) is 0. The minimum atomic E-state index is -1.91. The highest BCUT2D eigenvalue weighted by Gasteiger charge is 2.52. The lowest BCUT2D eigenvalue weighted by atomic mass is 10.2. The second kappa shape index (κ2) is 5.88. The molecule has 1 aliphatic heterocycles. The number of carbonyl (C=O) groups excluding carboxylic acids is 1. The third-order valence-electron chi connectivity index (χ3n) is 3.43. The van der Waals surface area contributed by atoms with Crippen molar-refractivity contribution in [1.29, 1.82) is 0 Å². The number of hydrogen-bond acceptors (Lipinski definition) is 6. The molecule has 0 N–H and O–H groups in total. The first-order valence-corrected chi connectivity index (χ1v) is 10.6. The van der Waals surface area contributed by atoms with Crippen molar-refractivity contribution in [2.24, 2.45) is 0 Å². The Bertz CT molecular complexity index is 433. The van der Waals surface area contributed by atoms with E-state index >= 15 is 0 Å². The maximum atomic E-state index is 12.0. The van der Waals surface area contributed by atoms with Gasteiger partial charge in [0.1, 0.15) is 0 Å². The summed E-state index contributed by atoms with van der Waals surface area (Å²) >= 11 is 0. The Hall–Kier alpha value is -1.21. The number of ether oxygens (including phenoxy) is 4. The highest BCUT2D eigenvalue weighted by molar-refractivity contribution is 6.70. The molecular formula is C14H24O6Si. The molecule has 2 aliphatic rings. The van der Waals surface area contributed by atoms with Crippen LogP contribution in [0.5, 0.6) is 0 Å². The molecule has 1 saturated heterocycles. The molecule has 0 aromatic rings. The van der Waals surface area contributed by atoms with Crippen molar-refractivity contribution in [2.75, 3.05) is 14.2 Å². The van der Waals surface area contributed by atoms with Crippen LogP contribution in [-0.4, -0.2) is 40.4 Å². The zero-order chi connectivity index (χ0) is 15.7. The first-order chi connectivity index (χ1) is 9.80. The summed E-state index contributed by atoms with van der Waals surface area (Å²) < 4.78 is 27.9. The van der Waals surface area contributed by atoms with Crippen LogP contribution in [0, 0.1) is 0 Å². The smallest absolute Gasteiger partial charge is 0.343 e. The van der Waals surface area contributed by atoms with E-state index in [0.717, 1.165) is 25.7 Å². The van der Waals surface area contributed by atoms with Gasteiger partial charge in [0.05, 0.1) is 14.2 Å². The summed E-state index contributed by atoms with van der Waals surface area (Å²) in [6.45, 7) is 6.09. The monoisotopic (exact) mass is 316 g/mol. The minimum Gasteiger partial charge on any atom is -0.517 e. The third kappa shape index (κ3) is 3.52. The van der Waals surface area contributed by atoms with E-state index in [1.54, 1.807) is 0 Å². The molecule has 0 unspecified atom stereocenters. The van der Waals surface area contributed by atoms with Gasteiger partial charge in [-0.25, -0.2) is 4.79 Å². The van der Waals surface area contributed by atoms with Gasteiger partial charge in [-0.3, -0.25) is 0 Å². The fraction of sp³-hybridized carbons (Fsp3) is 0.786. The molecule has 120 valence electrons. The van der Waals surface area contributed by atoms with E-state index in [4.69, 9.17) is 23.4 Å². The fourth-order valence-corrected chi connectivity index (χ4v) is 3.30. The van der Waals surface area contributed by atoms with Gasteiger partial charge in [-0.1, -0.05) is 0 Å². The minimum absolute atomic E-state index is 0.230. The average Bonchev–Trinajstić information content (AvgIpc) is 3.02. The molecule has 1 heterocycles. The van der Waals surface area contributed by atoms with E-state index in [0.29, 0.717) is 5.76 Å². The van der Waals surface area contributed by atoms with Gasteiger partial charge in [0.15, 0.2) is 0 Å². The molecule has 2 fully saturated rings. The van der Waals surface area contributed by atoms with Gasteiger partial charge in [-0.05, 0) is 32.5 Å². The summed E-state index contributed by atoms with van der Waals surface area (Å²) in [4.78, 5) is 12.0. The molecule has 0 radical (unpaired) electrons. The van der Waals surface area contributed by atoms with Gasteiger partial charge < -0.3 is 23.4 Å². The van der Waals surface area contributed by atoms with Crippen molar-refractivity contribution in [3.8, 4) is 0 Å². The van der Waals surface area contributed by atoms with Crippen molar-refractivity contribution in [3.63, 3.8) is 0 Å². The van der Waals surface area contributed by atoms with Crippen molar-refractivity contribution in [1.82, 2.24) is 0 Å². The number of rotatable bonds is 4. The molecule has 0 aromatic carbocycles. The van der Waals surface area contributed by atoms with Crippen LogP contribution in [-0.2, 0) is 28.2 Å². The van der Waals surface area contributed by atoms with E-state index in [-0.39, 0.29) is 5.95 Å². The molecule has 7 heteroatoms. The molecule has 0 bridgehead atoms. The molecule has 0 aromatic heterocycles. The van der Waals surface area contributed by atoms with E-state index in [2.05, 4.69) is 0 Å². The number of methoxy groups -OCH3 is 2. The van der Waals surface area contributed by atoms with Gasteiger partial charge in [-0.15, -0.1) is 0 Å². The molecule has 1 saturated carbocycles. The maximum Gasteiger partial charge on any atom is 0.343 e. The van der Waals surface area contributed by atoms with Crippen LogP contribution in [0.25, 0.3) is 0 Å². The second-order valence-corrected chi connectivity index (χ2v) is 10.7. The van der Waals surface area contributed by atoms with Crippen molar-refractivity contribution >= 4 is 14.3 Å². The van der Waals surface area contributed by atoms with Crippen LogP contribution in [0.1, 0.15) is 25.7 Å². The Labute approximate surface area is 126 Å². The van der Waals surface area contributed by atoms with Crippen LogP contribution in [0.2, 0.25) is 19.6 Å². The lowest BCUT2D eigenvalue weighted by molar-refractivity contribution is -0.177. The summed E-state index contributed by atoms with van der Waals surface area (Å²) in [6.07, 6.45) is 2.62. The molecule has 1 atom stereocenters. The zero-order valence-corrected chi connectivity index (χ0v) is 14.4. The predicted octanol–water partition coefficient (Wildman–Crippen LogP) is 2.51. The predicted molar refractivity (Wildman–Crippen MR) is 77.6 cm³/mol. The summed E-state index contributed by atoms with van der Waals surface area (Å²) in [5.74, 6) is -0.703. The summed E-state index contributed by atoms with van der Waals surface area (Å²) in [7, 11) is 0.923. The van der Waals surface area contributed by atoms with Gasteiger partial charge in [0.2, 0.25) is 26.0 Å². The average molecular weight is 316 g/mol. The molecule has 21 heavy (non-hydrogen) atoms. The second-order valence-electron chi connectivity index (χ2n) is 6.31. The topological polar surface area (TPSA) is 63.2 Å². The number of hydrogen-bond donors (Lipinski definition) is 0. The van der Waals surface area contributed by atoms with E-state index in [1.165, 1.54) is 14.2 Å². The van der Waals surface area contributed by atoms with Gasteiger partial charge in [0, 0.05) is 12.8 Å². The molecule has 6 nitrogen and oxygen atoms in total. The van der Waals surface area contributed by atoms with Crippen LogP contribution >= 0.6 is 0 Å². The first kappa shape index (κ1) is 16.2. The Morgan fingerprint density at radius 1 is 1.19 bits per heavy atom. The summed E-state index contributed by atoms with van der Waals surface area (Å²) in [5.41, 5.74) is 0. The van der Waals surface area contributed by atoms with Gasteiger partial charge >= 0.3 is 11.9 Å². The molecule has 1 aliphatic carbocycles. The highest BCUT2D eigenvalue weighted by atomic mass is 28.4. The maximum absolute atomic E-state index is 12.0.